The molecule has 0 amide bonds. The number of phenols is 2. The molecule has 0 bridgehead atoms. The zero-order valence-electron chi connectivity index (χ0n) is 16.5. The summed E-state index contributed by atoms with van der Waals surface area (Å²) in [4.78, 5) is 0. The average Bonchev–Trinajstić information content (AvgIpc) is 3.09. The van der Waals surface area contributed by atoms with Crippen LogP contribution in [0.5, 0.6) is 17.2 Å². The van der Waals surface area contributed by atoms with Crippen LogP contribution in [0.2, 0.25) is 0 Å². The summed E-state index contributed by atoms with van der Waals surface area (Å²) in [7, 11) is 1.68. The van der Waals surface area contributed by atoms with Gasteiger partial charge in [-0.3, -0.25) is 0 Å². The van der Waals surface area contributed by atoms with Crippen molar-refractivity contribution in [2.45, 2.75) is 25.7 Å². The van der Waals surface area contributed by atoms with Gasteiger partial charge in [0.2, 0.25) is 0 Å². The Labute approximate surface area is 170 Å². The van der Waals surface area contributed by atoms with E-state index in [0.29, 0.717) is 11.5 Å². The molecule has 5 rings (SSSR count). The minimum absolute atomic E-state index is 0.0139. The molecule has 3 aromatic rings. The zero-order valence-corrected chi connectivity index (χ0v) is 16.5. The molecule has 0 fully saturated rings. The lowest BCUT2D eigenvalue weighted by molar-refractivity contribution is 0.380. The Kier molecular flexibility index (Phi) is 4.13. The third-order valence-corrected chi connectivity index (χ3v) is 6.50. The normalized spacial score (nSPS) is 21.2. The van der Waals surface area contributed by atoms with Gasteiger partial charge in [-0.15, -0.1) is 0 Å². The first-order chi connectivity index (χ1) is 14.1. The first-order valence-electron chi connectivity index (χ1n) is 10.1. The monoisotopic (exact) mass is 384 g/mol. The van der Waals surface area contributed by atoms with Crippen LogP contribution in [0.25, 0.3) is 11.6 Å². The first kappa shape index (κ1) is 17.9. The molecule has 3 aromatic carbocycles. The van der Waals surface area contributed by atoms with Crippen LogP contribution >= 0.6 is 0 Å². The number of aromatic hydroxyl groups is 2. The highest BCUT2D eigenvalue weighted by molar-refractivity contribution is 5.88. The largest absolute Gasteiger partial charge is 0.508 e. The molecule has 0 heterocycles. The van der Waals surface area contributed by atoms with Crippen LogP contribution in [0.3, 0.4) is 0 Å². The average molecular weight is 384 g/mol. The van der Waals surface area contributed by atoms with Crippen LogP contribution in [0.15, 0.2) is 60.7 Å². The number of hydrogen-bond donors (Lipinski definition) is 2. The van der Waals surface area contributed by atoms with Crippen LogP contribution < -0.4 is 4.74 Å². The molecular weight excluding hydrogens is 360 g/mol. The molecule has 0 saturated carbocycles. The predicted octanol–water partition coefficient (Wildman–Crippen LogP) is 5.38. The summed E-state index contributed by atoms with van der Waals surface area (Å²) < 4.78 is 5.30. The fourth-order valence-corrected chi connectivity index (χ4v) is 5.05. The van der Waals surface area contributed by atoms with Crippen molar-refractivity contribution in [3.05, 3.63) is 88.5 Å². The molecule has 1 unspecified atom stereocenters. The van der Waals surface area contributed by atoms with Crippen molar-refractivity contribution in [1.82, 2.24) is 0 Å². The topological polar surface area (TPSA) is 49.7 Å². The summed E-state index contributed by atoms with van der Waals surface area (Å²) in [6, 6.07) is 19.7. The van der Waals surface area contributed by atoms with Gasteiger partial charge in [0.15, 0.2) is 0 Å². The Balaban J connectivity index is 1.64. The maximum Gasteiger partial charge on any atom is 0.118 e. The summed E-state index contributed by atoms with van der Waals surface area (Å²) in [5.41, 5.74) is 7.47. The highest BCUT2D eigenvalue weighted by Gasteiger charge is 2.43. The SMILES string of the molecule is COc1ccc(/C=C2/c3ccc(O)cc3CCC23Cc2ccc(O)cc2C3)cc1. The highest BCUT2D eigenvalue weighted by atomic mass is 16.5. The molecule has 3 heteroatoms. The van der Waals surface area contributed by atoms with E-state index in [2.05, 4.69) is 30.3 Å². The van der Waals surface area contributed by atoms with Crippen LogP contribution in [0, 0.1) is 5.41 Å². The van der Waals surface area contributed by atoms with Crippen molar-refractivity contribution in [2.24, 2.45) is 5.41 Å². The third-order valence-electron chi connectivity index (χ3n) is 6.50. The number of allylic oxidation sites excluding steroid dienone is 1. The van der Waals surface area contributed by atoms with E-state index in [0.717, 1.165) is 37.0 Å². The van der Waals surface area contributed by atoms with Gasteiger partial charge in [-0.05, 0) is 95.5 Å². The molecule has 0 saturated heterocycles. The van der Waals surface area contributed by atoms with E-state index < -0.39 is 0 Å². The molecule has 2 aliphatic carbocycles. The molecule has 0 radical (unpaired) electrons. The zero-order chi connectivity index (χ0) is 20.0. The standard InChI is InChI=1S/C26H24O3/c1-29-23-7-2-17(3-8-23)12-25-24-9-6-22(28)13-18(24)10-11-26(25)15-19-4-5-21(27)14-20(19)16-26/h2-9,12-14,27-28H,10-11,15-16H2,1H3/b25-12-. The van der Waals surface area contributed by atoms with Crippen molar-refractivity contribution >= 4 is 11.6 Å². The van der Waals surface area contributed by atoms with Gasteiger partial charge in [0.05, 0.1) is 7.11 Å². The van der Waals surface area contributed by atoms with Crippen LogP contribution in [-0.2, 0) is 19.3 Å². The van der Waals surface area contributed by atoms with Crippen LogP contribution in [0.4, 0.5) is 0 Å². The van der Waals surface area contributed by atoms with Gasteiger partial charge in [0.1, 0.15) is 17.2 Å². The summed E-state index contributed by atoms with van der Waals surface area (Å²) in [6.07, 6.45) is 6.18. The molecule has 2 N–H and O–H groups in total. The van der Waals surface area contributed by atoms with E-state index in [1.165, 1.54) is 27.8 Å². The summed E-state index contributed by atoms with van der Waals surface area (Å²) in [6.45, 7) is 0. The minimum atomic E-state index is 0.0139. The number of rotatable bonds is 2. The Morgan fingerprint density at radius 1 is 0.828 bits per heavy atom. The molecule has 0 aliphatic heterocycles. The Hall–Kier alpha value is -3.20. The minimum Gasteiger partial charge on any atom is -0.508 e. The van der Waals surface area contributed by atoms with E-state index >= 15 is 0 Å². The van der Waals surface area contributed by atoms with Gasteiger partial charge < -0.3 is 14.9 Å². The fraction of sp³-hybridized carbons (Fsp3) is 0.231. The first-order valence-corrected chi connectivity index (χ1v) is 10.1. The summed E-state index contributed by atoms with van der Waals surface area (Å²) in [5, 5.41) is 20.0. The molecule has 2 aliphatic rings. The van der Waals surface area contributed by atoms with Crippen LogP contribution in [-0.4, -0.2) is 17.3 Å². The number of phenolic OH excluding ortho intramolecular Hbond substituents is 2. The second-order valence-corrected chi connectivity index (χ2v) is 8.26. The van der Waals surface area contributed by atoms with E-state index in [9.17, 15) is 10.2 Å². The van der Waals surface area contributed by atoms with Gasteiger partial charge in [0, 0.05) is 5.41 Å². The summed E-state index contributed by atoms with van der Waals surface area (Å²) in [5.74, 6) is 1.50. The van der Waals surface area contributed by atoms with Crippen molar-refractivity contribution in [3.63, 3.8) is 0 Å². The van der Waals surface area contributed by atoms with Crippen molar-refractivity contribution < 1.29 is 14.9 Å². The number of fused-ring (bicyclic) bond motifs is 2. The number of methoxy groups -OCH3 is 1. The molecular formula is C26H24O3. The van der Waals surface area contributed by atoms with Gasteiger partial charge in [0.25, 0.3) is 0 Å². The quantitative estimate of drug-likeness (QED) is 0.624. The lowest BCUT2D eigenvalue weighted by atomic mass is 9.65. The van der Waals surface area contributed by atoms with E-state index in [-0.39, 0.29) is 5.41 Å². The van der Waals surface area contributed by atoms with Crippen molar-refractivity contribution in [3.8, 4) is 17.2 Å². The Morgan fingerprint density at radius 3 is 2.28 bits per heavy atom. The van der Waals surface area contributed by atoms with Gasteiger partial charge in [-0.1, -0.05) is 30.3 Å². The maximum atomic E-state index is 9.99. The maximum absolute atomic E-state index is 9.99. The second-order valence-electron chi connectivity index (χ2n) is 8.26. The Morgan fingerprint density at radius 2 is 1.52 bits per heavy atom. The smallest absolute Gasteiger partial charge is 0.118 e. The van der Waals surface area contributed by atoms with E-state index in [1.54, 1.807) is 19.2 Å². The predicted molar refractivity (Wildman–Crippen MR) is 115 cm³/mol. The number of aryl methyl sites for hydroxylation is 1. The molecule has 0 aromatic heterocycles. The summed E-state index contributed by atoms with van der Waals surface area (Å²) >= 11 is 0. The highest BCUT2D eigenvalue weighted by Crippen LogP contribution is 2.54. The molecule has 3 nitrogen and oxygen atoms in total. The van der Waals surface area contributed by atoms with E-state index in [4.69, 9.17) is 4.74 Å². The fourth-order valence-electron chi connectivity index (χ4n) is 5.05. The number of benzene rings is 3. The lowest BCUT2D eigenvalue weighted by Crippen LogP contribution is -2.28. The lowest BCUT2D eigenvalue weighted by Gasteiger charge is -2.38. The molecule has 1 atom stereocenters. The van der Waals surface area contributed by atoms with E-state index in [1.807, 2.05) is 24.3 Å². The van der Waals surface area contributed by atoms with Gasteiger partial charge in [-0.2, -0.15) is 0 Å². The molecule has 1 spiro atoms. The van der Waals surface area contributed by atoms with Gasteiger partial charge in [-0.25, -0.2) is 0 Å². The van der Waals surface area contributed by atoms with Crippen molar-refractivity contribution in [1.29, 1.82) is 0 Å². The molecule has 146 valence electrons. The number of ether oxygens (including phenoxy) is 1. The number of hydrogen-bond acceptors (Lipinski definition) is 3. The van der Waals surface area contributed by atoms with Gasteiger partial charge >= 0.3 is 0 Å². The second kappa shape index (κ2) is 6.70. The van der Waals surface area contributed by atoms with Crippen molar-refractivity contribution in [2.75, 3.05) is 7.11 Å². The van der Waals surface area contributed by atoms with Crippen LogP contribution in [0.1, 0.15) is 34.2 Å². The Bertz CT molecular complexity index is 1110. The third kappa shape index (κ3) is 3.07. The molecule has 29 heavy (non-hydrogen) atoms.